The predicted octanol–water partition coefficient (Wildman–Crippen LogP) is 6.22. The summed E-state index contributed by atoms with van der Waals surface area (Å²) in [5.41, 5.74) is 2.38. The van der Waals surface area contributed by atoms with Gasteiger partial charge in [-0.25, -0.2) is 0 Å². The van der Waals surface area contributed by atoms with E-state index in [2.05, 4.69) is 44.3 Å². The molecule has 3 saturated heterocycles. The lowest BCUT2D eigenvalue weighted by molar-refractivity contribution is -0.154. The Bertz CT molecular complexity index is 1070. The first-order valence-corrected chi connectivity index (χ1v) is 16.6. The molecule has 0 aromatic rings. The third kappa shape index (κ3) is 11.2. The number of carbonyl (C=O) groups is 2. The van der Waals surface area contributed by atoms with Crippen molar-refractivity contribution in [2.75, 3.05) is 26.2 Å². The summed E-state index contributed by atoms with van der Waals surface area (Å²) < 4.78 is 19.1. The summed E-state index contributed by atoms with van der Waals surface area (Å²) in [6.07, 6.45) is 24.1. The molecule has 0 aromatic carbocycles. The number of fused-ring (bicyclic) bond motifs is 4. The number of esters is 1. The molecule has 7 nitrogen and oxygen atoms in total. The maximum Gasteiger partial charge on any atom is 0.309 e. The van der Waals surface area contributed by atoms with Crippen LogP contribution in [0.5, 0.6) is 0 Å². The number of nitrogens with zero attached hydrogens (tertiary/aromatic N) is 1. The Labute approximate surface area is 259 Å². The minimum absolute atomic E-state index is 0.0176. The first-order valence-electron chi connectivity index (χ1n) is 16.6. The average Bonchev–Trinajstić information content (AvgIpc) is 2.99. The second kappa shape index (κ2) is 17.1. The number of amides is 1. The van der Waals surface area contributed by atoms with E-state index in [0.29, 0.717) is 12.3 Å². The molecule has 0 saturated carbocycles. The molecule has 0 aromatic heterocycles. The van der Waals surface area contributed by atoms with Crippen LogP contribution in [0, 0.1) is 11.8 Å². The Morgan fingerprint density at radius 1 is 0.953 bits per heavy atom. The minimum atomic E-state index is -0.385. The van der Waals surface area contributed by atoms with Gasteiger partial charge in [0.15, 0.2) is 0 Å². The number of piperazine rings is 1. The molecule has 7 unspecified atom stereocenters. The van der Waals surface area contributed by atoms with Crippen molar-refractivity contribution in [3.05, 3.63) is 59.8 Å². The fraction of sp³-hybridized carbons (Fsp3) is 0.667. The highest BCUT2D eigenvalue weighted by molar-refractivity contribution is 5.78. The first-order chi connectivity index (χ1) is 20.8. The third-order valence-corrected chi connectivity index (χ3v) is 9.10. The van der Waals surface area contributed by atoms with E-state index in [1.807, 2.05) is 42.2 Å². The van der Waals surface area contributed by atoms with Crippen molar-refractivity contribution < 1.29 is 23.8 Å². The van der Waals surface area contributed by atoms with Gasteiger partial charge in [0.05, 0.1) is 30.8 Å². The molecule has 4 bridgehead atoms. The van der Waals surface area contributed by atoms with E-state index >= 15 is 0 Å². The van der Waals surface area contributed by atoms with E-state index in [4.69, 9.17) is 14.2 Å². The number of ether oxygens (including phenoxy) is 3. The summed E-state index contributed by atoms with van der Waals surface area (Å²) in [5, 5.41) is 3.28. The SMILES string of the molecule is C/C=C1\CC2CC(=O)OC(/C=C/C=C\C=C(/C)CC(=O)N3CCNCC3)C(C)/C=C/C(C)CC3CCCC(CC(C1)O2)O3. The number of allylic oxidation sites excluding steroid dienone is 6. The molecule has 7 heteroatoms. The van der Waals surface area contributed by atoms with Crippen LogP contribution in [0.15, 0.2) is 59.8 Å². The Morgan fingerprint density at radius 2 is 1.67 bits per heavy atom. The van der Waals surface area contributed by atoms with Crippen LogP contribution in [0.4, 0.5) is 0 Å². The van der Waals surface area contributed by atoms with Crippen LogP contribution in [-0.2, 0) is 23.8 Å². The number of cyclic esters (lactones) is 1. The molecule has 1 amide bonds. The Morgan fingerprint density at radius 3 is 2.44 bits per heavy atom. The van der Waals surface area contributed by atoms with Crippen LogP contribution in [0.2, 0.25) is 0 Å². The van der Waals surface area contributed by atoms with E-state index < -0.39 is 0 Å². The molecule has 4 aliphatic rings. The van der Waals surface area contributed by atoms with Gasteiger partial charge in [-0.05, 0) is 64.4 Å². The van der Waals surface area contributed by atoms with Crippen molar-refractivity contribution in [3.63, 3.8) is 0 Å². The summed E-state index contributed by atoms with van der Waals surface area (Å²) in [7, 11) is 0. The van der Waals surface area contributed by atoms with E-state index in [9.17, 15) is 9.59 Å². The van der Waals surface area contributed by atoms with E-state index in [1.165, 1.54) is 12.0 Å². The smallest absolute Gasteiger partial charge is 0.309 e. The van der Waals surface area contributed by atoms with E-state index in [1.54, 1.807) is 0 Å². The van der Waals surface area contributed by atoms with Gasteiger partial charge in [0, 0.05) is 44.9 Å². The summed E-state index contributed by atoms with van der Waals surface area (Å²) in [6, 6.07) is 0. The van der Waals surface area contributed by atoms with Gasteiger partial charge >= 0.3 is 5.97 Å². The number of nitrogens with one attached hydrogen (secondary N) is 1. The quantitative estimate of drug-likeness (QED) is 0.231. The molecule has 4 heterocycles. The lowest BCUT2D eigenvalue weighted by Gasteiger charge is -2.37. The summed E-state index contributed by atoms with van der Waals surface area (Å²) >= 11 is 0. The maximum atomic E-state index is 13.2. The number of hydrogen-bond donors (Lipinski definition) is 1. The van der Waals surface area contributed by atoms with Gasteiger partial charge in [0.1, 0.15) is 6.10 Å². The highest BCUT2D eigenvalue weighted by atomic mass is 16.5. The van der Waals surface area contributed by atoms with Gasteiger partial charge in [0.25, 0.3) is 0 Å². The number of carbonyl (C=O) groups excluding carboxylic acids is 2. The summed E-state index contributed by atoms with van der Waals surface area (Å²) in [5.74, 6) is 0.346. The normalized spacial score (nSPS) is 35.3. The van der Waals surface area contributed by atoms with Crippen LogP contribution in [0.1, 0.15) is 85.5 Å². The Balaban J connectivity index is 1.42. The molecule has 4 rings (SSSR count). The van der Waals surface area contributed by atoms with Gasteiger partial charge in [0.2, 0.25) is 5.91 Å². The monoisotopic (exact) mass is 594 g/mol. The lowest BCUT2D eigenvalue weighted by Crippen LogP contribution is -2.46. The standard InChI is InChI=1S/C36H54N2O5/c1-5-29-22-32-24-31-12-9-11-30(41-31)20-27(3)14-15-28(4)34(43-36(40)25-33(23-29)42-32)13-8-6-7-10-26(2)21-35(39)38-18-16-37-17-19-38/h5-8,10,13-15,27-28,30-34,37H,9,11-12,16-25H2,1-4H3/b7-6-,13-8+,15-14+,26-10+,29-5-. The summed E-state index contributed by atoms with van der Waals surface area (Å²) in [6.45, 7) is 11.7. The molecule has 238 valence electrons. The van der Waals surface area contributed by atoms with Crippen LogP contribution >= 0.6 is 0 Å². The van der Waals surface area contributed by atoms with Crippen molar-refractivity contribution in [2.24, 2.45) is 11.8 Å². The molecule has 0 aliphatic carbocycles. The minimum Gasteiger partial charge on any atom is -0.457 e. The fourth-order valence-corrected chi connectivity index (χ4v) is 6.61. The lowest BCUT2D eigenvalue weighted by atomic mass is 9.90. The van der Waals surface area contributed by atoms with Gasteiger partial charge in [-0.1, -0.05) is 67.5 Å². The second-order valence-corrected chi connectivity index (χ2v) is 13.0. The number of rotatable bonds is 5. The Kier molecular flexibility index (Phi) is 13.3. The molecular weight excluding hydrogens is 540 g/mol. The Hall–Kier alpha value is -2.48. The average molecular weight is 595 g/mol. The van der Waals surface area contributed by atoms with Crippen molar-refractivity contribution in [1.82, 2.24) is 10.2 Å². The van der Waals surface area contributed by atoms with Crippen molar-refractivity contribution in [3.8, 4) is 0 Å². The van der Waals surface area contributed by atoms with Crippen LogP contribution in [0.3, 0.4) is 0 Å². The molecule has 4 aliphatic heterocycles. The zero-order chi connectivity index (χ0) is 30.6. The van der Waals surface area contributed by atoms with Crippen LogP contribution in [0.25, 0.3) is 0 Å². The molecule has 0 spiro atoms. The van der Waals surface area contributed by atoms with Gasteiger partial charge in [-0.2, -0.15) is 0 Å². The van der Waals surface area contributed by atoms with Gasteiger partial charge in [-0.15, -0.1) is 0 Å². The van der Waals surface area contributed by atoms with E-state index in [0.717, 1.165) is 70.3 Å². The highest BCUT2D eigenvalue weighted by Crippen LogP contribution is 2.33. The van der Waals surface area contributed by atoms with Crippen molar-refractivity contribution >= 4 is 11.9 Å². The molecular formula is C36H54N2O5. The van der Waals surface area contributed by atoms with Crippen molar-refractivity contribution in [1.29, 1.82) is 0 Å². The van der Waals surface area contributed by atoms with Crippen LogP contribution < -0.4 is 5.32 Å². The molecule has 43 heavy (non-hydrogen) atoms. The van der Waals surface area contributed by atoms with Gasteiger partial charge in [-0.3, -0.25) is 9.59 Å². The zero-order valence-corrected chi connectivity index (χ0v) is 26.8. The predicted molar refractivity (Wildman–Crippen MR) is 171 cm³/mol. The largest absolute Gasteiger partial charge is 0.457 e. The molecule has 7 atom stereocenters. The topological polar surface area (TPSA) is 77.1 Å². The molecule has 1 N–H and O–H groups in total. The van der Waals surface area contributed by atoms with E-state index in [-0.39, 0.29) is 54.7 Å². The summed E-state index contributed by atoms with van der Waals surface area (Å²) in [4.78, 5) is 27.7. The molecule has 3 fully saturated rings. The van der Waals surface area contributed by atoms with Crippen LogP contribution in [-0.4, -0.2) is 73.5 Å². The number of hydrogen-bond acceptors (Lipinski definition) is 6. The van der Waals surface area contributed by atoms with Gasteiger partial charge < -0.3 is 24.4 Å². The first kappa shape index (κ1) is 33.4. The zero-order valence-electron chi connectivity index (χ0n) is 26.8. The maximum absolute atomic E-state index is 13.2. The second-order valence-electron chi connectivity index (χ2n) is 13.0. The molecule has 0 radical (unpaired) electrons. The fourth-order valence-electron chi connectivity index (χ4n) is 6.61. The van der Waals surface area contributed by atoms with Crippen molar-refractivity contribution in [2.45, 2.75) is 116 Å². The highest BCUT2D eigenvalue weighted by Gasteiger charge is 2.32. The third-order valence-electron chi connectivity index (χ3n) is 9.10.